The van der Waals surface area contributed by atoms with E-state index in [1.807, 2.05) is 24.3 Å². The SMILES string of the molecule is O=C(O)CCc1ccc(NC(=O)C2[C@H]3CCC[C@@H]23)cc1. The number of nitrogens with one attached hydrogen (secondary N) is 1. The van der Waals surface area contributed by atoms with Crippen molar-refractivity contribution >= 4 is 17.6 Å². The Bertz CT molecular complexity index is 513. The zero-order valence-electron chi connectivity index (χ0n) is 11.3. The first-order valence-corrected chi connectivity index (χ1v) is 7.27. The Morgan fingerprint density at radius 1 is 1.15 bits per heavy atom. The van der Waals surface area contributed by atoms with Crippen LogP contribution in [0.15, 0.2) is 24.3 Å². The first-order chi connectivity index (χ1) is 9.65. The Balaban J connectivity index is 1.53. The summed E-state index contributed by atoms with van der Waals surface area (Å²) in [4.78, 5) is 22.6. The van der Waals surface area contributed by atoms with Crippen molar-refractivity contribution in [3.63, 3.8) is 0 Å². The van der Waals surface area contributed by atoms with Crippen LogP contribution in [0, 0.1) is 17.8 Å². The Kier molecular flexibility index (Phi) is 3.47. The molecule has 4 heteroatoms. The molecule has 4 nitrogen and oxygen atoms in total. The molecule has 2 saturated carbocycles. The topological polar surface area (TPSA) is 66.4 Å². The Morgan fingerprint density at radius 3 is 2.40 bits per heavy atom. The van der Waals surface area contributed by atoms with Crippen molar-refractivity contribution in [1.82, 2.24) is 0 Å². The summed E-state index contributed by atoms with van der Waals surface area (Å²) in [5.74, 6) is 0.853. The number of carboxylic acids is 1. The highest BCUT2D eigenvalue weighted by Crippen LogP contribution is 2.57. The van der Waals surface area contributed by atoms with Gasteiger partial charge in [0.05, 0.1) is 0 Å². The predicted molar refractivity (Wildman–Crippen MR) is 75.3 cm³/mol. The molecule has 0 aliphatic heterocycles. The van der Waals surface area contributed by atoms with Crippen molar-refractivity contribution in [3.8, 4) is 0 Å². The predicted octanol–water partition coefficient (Wildman–Crippen LogP) is 2.69. The summed E-state index contributed by atoms with van der Waals surface area (Å²) in [6.45, 7) is 0. The van der Waals surface area contributed by atoms with E-state index < -0.39 is 5.97 Å². The van der Waals surface area contributed by atoms with Crippen LogP contribution in [0.5, 0.6) is 0 Å². The Labute approximate surface area is 118 Å². The average Bonchev–Trinajstić information content (AvgIpc) is 2.92. The van der Waals surface area contributed by atoms with Gasteiger partial charge in [0.25, 0.3) is 0 Å². The molecular formula is C16H19NO3. The van der Waals surface area contributed by atoms with E-state index in [0.29, 0.717) is 18.3 Å². The van der Waals surface area contributed by atoms with Crippen LogP contribution in [0.3, 0.4) is 0 Å². The number of hydrogen-bond donors (Lipinski definition) is 2. The molecule has 3 rings (SSSR count). The lowest BCUT2D eigenvalue weighted by atomic mass is 10.1. The fourth-order valence-corrected chi connectivity index (χ4v) is 3.44. The summed E-state index contributed by atoms with van der Waals surface area (Å²) in [6, 6.07) is 7.47. The van der Waals surface area contributed by atoms with Gasteiger partial charge in [-0.15, -0.1) is 0 Å². The number of carbonyl (C=O) groups is 2. The third-order valence-corrected chi connectivity index (χ3v) is 4.56. The van der Waals surface area contributed by atoms with Crippen LogP contribution in [0.2, 0.25) is 0 Å². The highest BCUT2D eigenvalue weighted by Gasteiger charge is 2.56. The maximum absolute atomic E-state index is 12.1. The van der Waals surface area contributed by atoms with Gasteiger partial charge in [0, 0.05) is 18.0 Å². The first kappa shape index (κ1) is 13.2. The van der Waals surface area contributed by atoms with Crippen molar-refractivity contribution in [2.75, 3.05) is 5.32 Å². The van der Waals surface area contributed by atoms with Gasteiger partial charge in [0.15, 0.2) is 0 Å². The molecule has 0 heterocycles. The van der Waals surface area contributed by atoms with E-state index >= 15 is 0 Å². The van der Waals surface area contributed by atoms with E-state index in [9.17, 15) is 9.59 Å². The molecule has 2 aliphatic carbocycles. The standard InChI is InChI=1S/C16H19NO3/c18-14(19)9-6-10-4-7-11(8-5-10)17-16(20)15-12-2-1-3-13(12)15/h4-5,7-8,12-13,15H,1-3,6,9H2,(H,17,20)(H,18,19)/t12-,13+,15?. The minimum Gasteiger partial charge on any atom is -0.481 e. The van der Waals surface area contributed by atoms with Gasteiger partial charge in [0.2, 0.25) is 5.91 Å². The lowest BCUT2D eigenvalue weighted by molar-refractivity contribution is -0.137. The van der Waals surface area contributed by atoms with Gasteiger partial charge in [-0.3, -0.25) is 9.59 Å². The van der Waals surface area contributed by atoms with E-state index in [-0.39, 0.29) is 18.2 Å². The van der Waals surface area contributed by atoms with Crippen molar-refractivity contribution in [3.05, 3.63) is 29.8 Å². The van der Waals surface area contributed by atoms with E-state index in [1.54, 1.807) is 0 Å². The fraction of sp³-hybridized carbons (Fsp3) is 0.500. The minimum absolute atomic E-state index is 0.136. The number of carbonyl (C=O) groups excluding carboxylic acids is 1. The second kappa shape index (κ2) is 5.27. The molecule has 0 saturated heterocycles. The monoisotopic (exact) mass is 273 g/mol. The van der Waals surface area contributed by atoms with Crippen LogP contribution < -0.4 is 5.32 Å². The van der Waals surface area contributed by atoms with Crippen molar-refractivity contribution in [2.45, 2.75) is 32.1 Å². The molecule has 1 amide bonds. The zero-order valence-corrected chi connectivity index (χ0v) is 11.3. The van der Waals surface area contributed by atoms with Gasteiger partial charge in [-0.05, 0) is 48.8 Å². The number of benzene rings is 1. The van der Waals surface area contributed by atoms with E-state index in [1.165, 1.54) is 19.3 Å². The van der Waals surface area contributed by atoms with Crippen molar-refractivity contribution < 1.29 is 14.7 Å². The molecule has 2 N–H and O–H groups in total. The van der Waals surface area contributed by atoms with Crippen molar-refractivity contribution in [2.24, 2.45) is 17.8 Å². The summed E-state index contributed by atoms with van der Waals surface area (Å²) in [6.07, 6.45) is 4.35. The van der Waals surface area contributed by atoms with Crippen molar-refractivity contribution in [1.29, 1.82) is 0 Å². The molecule has 3 atom stereocenters. The van der Waals surface area contributed by atoms with Gasteiger partial charge in [-0.2, -0.15) is 0 Å². The Hall–Kier alpha value is -1.84. The van der Waals surface area contributed by atoms with Gasteiger partial charge in [-0.25, -0.2) is 0 Å². The smallest absolute Gasteiger partial charge is 0.303 e. The summed E-state index contributed by atoms with van der Waals surface area (Å²) in [5.41, 5.74) is 1.78. The number of rotatable bonds is 5. The van der Waals surface area contributed by atoms with E-state index in [0.717, 1.165) is 11.3 Å². The highest BCUT2D eigenvalue weighted by molar-refractivity contribution is 5.95. The van der Waals surface area contributed by atoms with E-state index in [2.05, 4.69) is 5.32 Å². The summed E-state index contributed by atoms with van der Waals surface area (Å²) >= 11 is 0. The molecule has 1 unspecified atom stereocenters. The summed E-state index contributed by atoms with van der Waals surface area (Å²) < 4.78 is 0. The molecule has 2 fully saturated rings. The summed E-state index contributed by atoms with van der Waals surface area (Å²) in [7, 11) is 0. The molecule has 0 spiro atoms. The molecule has 0 radical (unpaired) electrons. The van der Waals surface area contributed by atoms with E-state index in [4.69, 9.17) is 5.11 Å². The summed E-state index contributed by atoms with van der Waals surface area (Å²) in [5, 5.41) is 11.6. The third-order valence-electron chi connectivity index (χ3n) is 4.56. The maximum atomic E-state index is 12.1. The molecule has 0 aromatic heterocycles. The van der Waals surface area contributed by atoms with Gasteiger partial charge in [-0.1, -0.05) is 18.6 Å². The number of aryl methyl sites for hydroxylation is 1. The highest BCUT2D eigenvalue weighted by atomic mass is 16.4. The lowest BCUT2D eigenvalue weighted by Gasteiger charge is -2.07. The Morgan fingerprint density at radius 2 is 1.80 bits per heavy atom. The first-order valence-electron chi connectivity index (χ1n) is 7.27. The quantitative estimate of drug-likeness (QED) is 0.866. The maximum Gasteiger partial charge on any atom is 0.303 e. The molecule has 2 aliphatic rings. The molecule has 20 heavy (non-hydrogen) atoms. The molecule has 106 valence electrons. The molecule has 0 bridgehead atoms. The van der Waals surface area contributed by atoms with Gasteiger partial charge in [0.1, 0.15) is 0 Å². The van der Waals surface area contributed by atoms with Gasteiger partial charge >= 0.3 is 5.97 Å². The van der Waals surface area contributed by atoms with Crippen LogP contribution in [0.1, 0.15) is 31.2 Å². The number of fused-ring (bicyclic) bond motifs is 1. The van der Waals surface area contributed by atoms with Crippen LogP contribution >= 0.6 is 0 Å². The number of aliphatic carboxylic acids is 1. The fourth-order valence-electron chi connectivity index (χ4n) is 3.44. The van der Waals surface area contributed by atoms with Crippen LogP contribution in [0.4, 0.5) is 5.69 Å². The van der Waals surface area contributed by atoms with Crippen LogP contribution in [0.25, 0.3) is 0 Å². The average molecular weight is 273 g/mol. The minimum atomic E-state index is -0.789. The van der Waals surface area contributed by atoms with Crippen LogP contribution in [-0.4, -0.2) is 17.0 Å². The second-order valence-corrected chi connectivity index (χ2v) is 5.86. The normalized spacial score (nSPS) is 26.9. The third kappa shape index (κ3) is 2.69. The largest absolute Gasteiger partial charge is 0.481 e. The van der Waals surface area contributed by atoms with Gasteiger partial charge < -0.3 is 10.4 Å². The number of hydrogen-bond acceptors (Lipinski definition) is 2. The number of anilines is 1. The van der Waals surface area contributed by atoms with Crippen LogP contribution in [-0.2, 0) is 16.0 Å². The molecular weight excluding hydrogens is 254 g/mol. The molecule has 1 aromatic rings. The number of carboxylic acid groups (broad SMARTS) is 1. The lowest BCUT2D eigenvalue weighted by Crippen LogP contribution is -2.16. The zero-order chi connectivity index (χ0) is 14.1. The number of amides is 1. The molecule has 1 aromatic carbocycles. The second-order valence-electron chi connectivity index (χ2n) is 5.86.